The van der Waals surface area contributed by atoms with E-state index in [9.17, 15) is 0 Å². The van der Waals surface area contributed by atoms with Crippen LogP contribution in [0.3, 0.4) is 0 Å². The van der Waals surface area contributed by atoms with Crippen LogP contribution in [0.1, 0.15) is 0 Å². The second-order valence-electron chi connectivity index (χ2n) is 8.93. The molecule has 6 aromatic rings. The largest absolute Gasteiger partial charge is 0.458 e. The van der Waals surface area contributed by atoms with E-state index in [-0.39, 0.29) is 6.71 Å². The molecule has 0 radical (unpaired) electrons. The zero-order chi connectivity index (χ0) is 21.5. The highest BCUT2D eigenvalue weighted by molar-refractivity contribution is 7.00. The van der Waals surface area contributed by atoms with Crippen LogP contribution < -0.4 is 21.1 Å². The quantitative estimate of drug-likeness (QED) is 0.326. The van der Waals surface area contributed by atoms with E-state index < -0.39 is 0 Å². The standard InChI is InChI=1S/C30H18BNO/c1-4-12-24-20(8-1)23-11-7-15-28-30(23)31(24)25-17-16-19(18-29(25)33-28)32-26-13-5-2-9-21(26)22-10-3-6-14-27(22)32/h1-18H. The summed E-state index contributed by atoms with van der Waals surface area (Å²) in [5.41, 5.74) is 10.1. The lowest BCUT2D eigenvalue weighted by Crippen LogP contribution is -2.52. The lowest BCUT2D eigenvalue weighted by atomic mass is 9.38. The van der Waals surface area contributed by atoms with Crippen LogP contribution in [0, 0.1) is 0 Å². The number of nitrogens with zero attached hydrogens (tertiary/aromatic N) is 1. The molecule has 3 heterocycles. The van der Waals surface area contributed by atoms with Crippen molar-refractivity contribution in [3.05, 3.63) is 109 Å². The fourth-order valence-electron chi connectivity index (χ4n) is 5.95. The Labute approximate surface area is 191 Å². The Morgan fingerprint density at radius 3 is 2.06 bits per heavy atom. The first-order chi connectivity index (χ1) is 16.4. The lowest BCUT2D eigenvalue weighted by Gasteiger charge is -2.25. The van der Waals surface area contributed by atoms with E-state index in [4.69, 9.17) is 4.74 Å². The van der Waals surface area contributed by atoms with Crippen LogP contribution in [0.4, 0.5) is 0 Å². The van der Waals surface area contributed by atoms with Crippen molar-refractivity contribution in [1.29, 1.82) is 0 Å². The van der Waals surface area contributed by atoms with Crippen molar-refractivity contribution in [2.45, 2.75) is 0 Å². The fraction of sp³-hybridized carbons (Fsp3) is 0. The Morgan fingerprint density at radius 1 is 0.545 bits per heavy atom. The summed E-state index contributed by atoms with van der Waals surface area (Å²) in [6.07, 6.45) is 0. The second kappa shape index (κ2) is 6.17. The van der Waals surface area contributed by atoms with Gasteiger partial charge in [0.25, 0.3) is 6.71 Å². The maximum atomic E-state index is 6.55. The number of rotatable bonds is 1. The summed E-state index contributed by atoms with van der Waals surface area (Å²) in [4.78, 5) is 0. The van der Waals surface area contributed by atoms with Crippen molar-refractivity contribution < 1.29 is 4.74 Å². The molecule has 2 aliphatic heterocycles. The van der Waals surface area contributed by atoms with Crippen LogP contribution in [0.15, 0.2) is 109 Å². The first-order valence-corrected chi connectivity index (χ1v) is 11.4. The summed E-state index contributed by atoms with van der Waals surface area (Å²) in [5.74, 6) is 1.92. The number of hydrogen-bond donors (Lipinski definition) is 0. The third-order valence-electron chi connectivity index (χ3n) is 7.28. The van der Waals surface area contributed by atoms with Gasteiger partial charge in [0.15, 0.2) is 0 Å². The maximum absolute atomic E-state index is 6.55. The summed E-state index contributed by atoms with van der Waals surface area (Å²) in [5, 5.41) is 2.54. The summed E-state index contributed by atoms with van der Waals surface area (Å²) >= 11 is 0. The van der Waals surface area contributed by atoms with Gasteiger partial charge in [-0.2, -0.15) is 0 Å². The molecule has 2 aliphatic rings. The van der Waals surface area contributed by atoms with E-state index in [0.717, 1.165) is 17.2 Å². The van der Waals surface area contributed by atoms with Gasteiger partial charge in [0.2, 0.25) is 0 Å². The summed E-state index contributed by atoms with van der Waals surface area (Å²) in [6, 6.07) is 39.2. The highest BCUT2D eigenvalue weighted by Crippen LogP contribution is 2.36. The molecule has 0 amide bonds. The molecule has 0 saturated carbocycles. The zero-order valence-corrected chi connectivity index (χ0v) is 17.8. The van der Waals surface area contributed by atoms with Crippen molar-refractivity contribution in [2.75, 3.05) is 0 Å². The molecule has 0 spiro atoms. The topological polar surface area (TPSA) is 14.2 Å². The third-order valence-corrected chi connectivity index (χ3v) is 7.28. The van der Waals surface area contributed by atoms with Crippen molar-refractivity contribution in [2.24, 2.45) is 0 Å². The van der Waals surface area contributed by atoms with E-state index in [1.54, 1.807) is 0 Å². The van der Waals surface area contributed by atoms with Crippen LogP contribution in [-0.4, -0.2) is 11.3 Å². The average molecular weight is 419 g/mol. The molecule has 3 heteroatoms. The minimum atomic E-state index is 0.225. The van der Waals surface area contributed by atoms with Gasteiger partial charge in [0.05, 0.1) is 11.0 Å². The van der Waals surface area contributed by atoms with E-state index in [1.165, 1.54) is 49.3 Å². The minimum Gasteiger partial charge on any atom is -0.458 e. The van der Waals surface area contributed by atoms with Gasteiger partial charge in [-0.3, -0.25) is 0 Å². The molecule has 2 nitrogen and oxygen atoms in total. The van der Waals surface area contributed by atoms with Crippen LogP contribution in [-0.2, 0) is 0 Å². The van der Waals surface area contributed by atoms with Gasteiger partial charge in [-0.25, -0.2) is 0 Å². The van der Waals surface area contributed by atoms with Gasteiger partial charge in [0.1, 0.15) is 11.5 Å². The molecule has 0 saturated heterocycles. The molecule has 0 atom stereocenters. The lowest BCUT2D eigenvalue weighted by molar-refractivity contribution is 0.487. The number of para-hydroxylation sites is 2. The molecule has 5 aromatic carbocycles. The molecule has 0 bridgehead atoms. The number of ether oxygens (including phenoxy) is 1. The Bertz CT molecular complexity index is 1710. The van der Waals surface area contributed by atoms with E-state index in [2.05, 4.69) is 114 Å². The number of benzene rings is 5. The molecule has 0 aliphatic carbocycles. The van der Waals surface area contributed by atoms with Gasteiger partial charge in [-0.15, -0.1) is 0 Å². The first kappa shape index (κ1) is 17.3. The number of fused-ring (bicyclic) bond motifs is 8. The minimum absolute atomic E-state index is 0.225. The van der Waals surface area contributed by atoms with Crippen molar-refractivity contribution in [1.82, 2.24) is 4.57 Å². The fourth-order valence-corrected chi connectivity index (χ4v) is 5.95. The Balaban J connectivity index is 1.39. The van der Waals surface area contributed by atoms with E-state index in [0.29, 0.717) is 0 Å². The second-order valence-corrected chi connectivity index (χ2v) is 8.93. The highest BCUT2D eigenvalue weighted by atomic mass is 16.5. The Morgan fingerprint density at radius 2 is 1.24 bits per heavy atom. The molecule has 152 valence electrons. The predicted molar refractivity (Wildman–Crippen MR) is 137 cm³/mol. The molecule has 33 heavy (non-hydrogen) atoms. The molecule has 0 unspecified atom stereocenters. The molecule has 0 fully saturated rings. The Hall–Kier alpha value is -4.24. The van der Waals surface area contributed by atoms with Crippen molar-refractivity contribution in [3.8, 4) is 28.3 Å². The number of hydrogen-bond acceptors (Lipinski definition) is 1. The van der Waals surface area contributed by atoms with Gasteiger partial charge in [0, 0.05) is 22.5 Å². The SMILES string of the molecule is c1ccc2c(c1)B1c3ccc(-n4c5ccccc5c5ccccc54)cc3Oc3cccc-2c31. The molecule has 0 N–H and O–H groups in total. The monoisotopic (exact) mass is 419 g/mol. The normalized spacial score (nSPS) is 13.0. The van der Waals surface area contributed by atoms with Crippen LogP contribution in [0.25, 0.3) is 38.6 Å². The van der Waals surface area contributed by atoms with E-state index in [1.807, 2.05) is 0 Å². The highest BCUT2D eigenvalue weighted by Gasteiger charge is 2.40. The summed E-state index contributed by atoms with van der Waals surface area (Å²) in [7, 11) is 0. The Kier molecular flexibility index (Phi) is 3.24. The van der Waals surface area contributed by atoms with Crippen LogP contribution >= 0.6 is 0 Å². The molecular formula is C30H18BNO. The van der Waals surface area contributed by atoms with Crippen LogP contribution in [0.2, 0.25) is 0 Å². The zero-order valence-electron chi connectivity index (χ0n) is 17.8. The van der Waals surface area contributed by atoms with Gasteiger partial charge in [-0.1, -0.05) is 84.3 Å². The summed E-state index contributed by atoms with van der Waals surface area (Å²) in [6.45, 7) is 0.225. The summed E-state index contributed by atoms with van der Waals surface area (Å²) < 4.78 is 8.90. The first-order valence-electron chi connectivity index (χ1n) is 11.4. The molecular weight excluding hydrogens is 401 g/mol. The van der Waals surface area contributed by atoms with Crippen molar-refractivity contribution in [3.63, 3.8) is 0 Å². The molecule has 1 aromatic heterocycles. The van der Waals surface area contributed by atoms with Crippen LogP contribution in [0.5, 0.6) is 11.5 Å². The third kappa shape index (κ3) is 2.19. The molecule has 8 rings (SSSR count). The smallest absolute Gasteiger partial charge is 0.252 e. The maximum Gasteiger partial charge on any atom is 0.252 e. The van der Waals surface area contributed by atoms with Crippen molar-refractivity contribution >= 4 is 44.9 Å². The number of aromatic nitrogens is 1. The van der Waals surface area contributed by atoms with E-state index >= 15 is 0 Å². The van der Waals surface area contributed by atoms with Gasteiger partial charge in [-0.05, 0) is 46.3 Å². The predicted octanol–water partition coefficient (Wildman–Crippen LogP) is 5.39. The van der Waals surface area contributed by atoms with Gasteiger partial charge < -0.3 is 9.30 Å². The average Bonchev–Trinajstić information content (AvgIpc) is 3.39. The van der Waals surface area contributed by atoms with Gasteiger partial charge >= 0.3 is 0 Å².